The van der Waals surface area contributed by atoms with Crippen molar-refractivity contribution in [3.8, 4) is 0 Å². The molecule has 0 amide bonds. The molecule has 1 aromatic carbocycles. The fourth-order valence-corrected chi connectivity index (χ4v) is 2.37. The molecule has 2 unspecified atom stereocenters. The molecule has 1 aliphatic heterocycles. The minimum atomic E-state index is 0.296. The average Bonchev–Trinajstić information content (AvgIpc) is 2.91. The Morgan fingerprint density at radius 2 is 2.21 bits per heavy atom. The largest absolute Gasteiger partial charge is 0.372 e. The number of nitrogens with zero attached hydrogens (tertiary/aromatic N) is 3. The van der Waals surface area contributed by atoms with E-state index in [1.165, 1.54) is 5.56 Å². The maximum absolute atomic E-state index is 8.20. The molecule has 102 valence electrons. The van der Waals surface area contributed by atoms with Crippen molar-refractivity contribution in [2.45, 2.75) is 38.0 Å². The van der Waals surface area contributed by atoms with Crippen LogP contribution in [0.25, 0.3) is 10.4 Å². The second-order valence-corrected chi connectivity index (χ2v) is 4.86. The summed E-state index contributed by atoms with van der Waals surface area (Å²) in [5.41, 5.74) is 9.42. The van der Waals surface area contributed by atoms with E-state index in [-0.39, 0.29) is 0 Å². The molecular formula is C14H20N4O. The third-order valence-corrected chi connectivity index (χ3v) is 3.38. The van der Waals surface area contributed by atoms with Crippen LogP contribution in [0, 0.1) is 0 Å². The predicted octanol–water partition coefficient (Wildman–Crippen LogP) is 3.02. The first-order valence-electron chi connectivity index (χ1n) is 6.78. The summed E-state index contributed by atoms with van der Waals surface area (Å²) >= 11 is 0. The average molecular weight is 260 g/mol. The van der Waals surface area contributed by atoms with E-state index in [0.717, 1.165) is 25.8 Å². The van der Waals surface area contributed by atoms with Crippen molar-refractivity contribution in [1.29, 1.82) is 0 Å². The lowest BCUT2D eigenvalue weighted by Crippen LogP contribution is -2.21. The number of nitrogens with one attached hydrogen (secondary N) is 1. The highest BCUT2D eigenvalue weighted by molar-refractivity contribution is 5.13. The Balaban J connectivity index is 1.63. The van der Waals surface area contributed by atoms with Gasteiger partial charge in [0.25, 0.3) is 0 Å². The van der Waals surface area contributed by atoms with Crippen LogP contribution in [0.15, 0.2) is 35.4 Å². The highest BCUT2D eigenvalue weighted by Gasteiger charge is 2.23. The SMILES string of the molecule is [N-]=[N+]=NCCCC1CC(OCc2ccccc2)CN1. The van der Waals surface area contributed by atoms with Crippen molar-refractivity contribution in [2.75, 3.05) is 13.1 Å². The van der Waals surface area contributed by atoms with Crippen molar-refractivity contribution in [1.82, 2.24) is 5.32 Å². The summed E-state index contributed by atoms with van der Waals surface area (Å²) in [5.74, 6) is 0. The molecule has 1 heterocycles. The number of benzene rings is 1. The van der Waals surface area contributed by atoms with Gasteiger partial charge < -0.3 is 10.1 Å². The molecule has 1 aromatic rings. The Morgan fingerprint density at radius 1 is 1.37 bits per heavy atom. The van der Waals surface area contributed by atoms with Crippen LogP contribution in [-0.4, -0.2) is 25.2 Å². The molecule has 1 aliphatic rings. The third-order valence-electron chi connectivity index (χ3n) is 3.38. The number of hydrogen-bond acceptors (Lipinski definition) is 3. The topological polar surface area (TPSA) is 70.0 Å². The van der Waals surface area contributed by atoms with Crippen molar-refractivity contribution in [3.05, 3.63) is 46.3 Å². The predicted molar refractivity (Wildman–Crippen MR) is 74.7 cm³/mol. The van der Waals surface area contributed by atoms with E-state index in [4.69, 9.17) is 10.3 Å². The van der Waals surface area contributed by atoms with E-state index in [9.17, 15) is 0 Å². The first kappa shape index (κ1) is 13.9. The third kappa shape index (κ3) is 4.91. The highest BCUT2D eigenvalue weighted by Crippen LogP contribution is 2.16. The molecule has 5 nitrogen and oxygen atoms in total. The number of rotatable bonds is 7. The summed E-state index contributed by atoms with van der Waals surface area (Å²) in [6, 6.07) is 10.7. The summed E-state index contributed by atoms with van der Waals surface area (Å²) in [5, 5.41) is 7.01. The standard InChI is InChI=1S/C14H20N4O/c15-18-17-8-4-7-13-9-14(10-16-13)19-11-12-5-2-1-3-6-12/h1-3,5-6,13-14,16H,4,7-11H2. The van der Waals surface area contributed by atoms with Crippen molar-refractivity contribution >= 4 is 0 Å². The minimum Gasteiger partial charge on any atom is -0.372 e. The zero-order valence-electron chi connectivity index (χ0n) is 11.0. The maximum Gasteiger partial charge on any atom is 0.0721 e. The lowest BCUT2D eigenvalue weighted by atomic mass is 10.1. The van der Waals surface area contributed by atoms with E-state index in [1.807, 2.05) is 18.2 Å². The van der Waals surface area contributed by atoms with Gasteiger partial charge in [0, 0.05) is 24.0 Å². The van der Waals surface area contributed by atoms with Gasteiger partial charge in [-0.25, -0.2) is 0 Å². The summed E-state index contributed by atoms with van der Waals surface area (Å²) in [7, 11) is 0. The lowest BCUT2D eigenvalue weighted by Gasteiger charge is -2.11. The normalized spacial score (nSPS) is 22.1. The molecule has 0 spiro atoms. The fourth-order valence-electron chi connectivity index (χ4n) is 2.37. The van der Waals surface area contributed by atoms with Gasteiger partial charge >= 0.3 is 0 Å². The van der Waals surface area contributed by atoms with E-state index in [1.54, 1.807) is 0 Å². The Kier molecular flexibility index (Phi) is 5.69. The second-order valence-electron chi connectivity index (χ2n) is 4.86. The molecular weight excluding hydrogens is 240 g/mol. The number of hydrogen-bond donors (Lipinski definition) is 1. The Hall–Kier alpha value is -1.55. The van der Waals surface area contributed by atoms with Crippen LogP contribution >= 0.6 is 0 Å². The van der Waals surface area contributed by atoms with Gasteiger partial charge in [-0.2, -0.15) is 0 Å². The van der Waals surface area contributed by atoms with Crippen molar-refractivity contribution in [3.63, 3.8) is 0 Å². The first-order valence-corrected chi connectivity index (χ1v) is 6.78. The van der Waals surface area contributed by atoms with Gasteiger partial charge in [0.05, 0.1) is 12.7 Å². The lowest BCUT2D eigenvalue weighted by molar-refractivity contribution is 0.0524. The van der Waals surface area contributed by atoms with Gasteiger partial charge in [-0.1, -0.05) is 35.4 Å². The summed E-state index contributed by atoms with van der Waals surface area (Å²) in [6.07, 6.45) is 3.32. The van der Waals surface area contributed by atoms with Gasteiger partial charge in [0.2, 0.25) is 0 Å². The summed E-state index contributed by atoms with van der Waals surface area (Å²) in [4.78, 5) is 2.76. The van der Waals surface area contributed by atoms with Crippen LogP contribution < -0.4 is 5.32 Å². The first-order chi connectivity index (χ1) is 9.38. The number of azide groups is 1. The molecule has 0 aliphatic carbocycles. The highest BCUT2D eigenvalue weighted by atomic mass is 16.5. The molecule has 2 atom stereocenters. The Morgan fingerprint density at radius 3 is 3.00 bits per heavy atom. The molecule has 0 radical (unpaired) electrons. The van der Waals surface area contributed by atoms with Crippen LogP contribution in [0.3, 0.4) is 0 Å². The van der Waals surface area contributed by atoms with Crippen LogP contribution in [0.2, 0.25) is 0 Å². The van der Waals surface area contributed by atoms with Gasteiger partial charge in [-0.15, -0.1) is 0 Å². The zero-order chi connectivity index (χ0) is 13.3. The van der Waals surface area contributed by atoms with Gasteiger partial charge in [-0.05, 0) is 30.4 Å². The quantitative estimate of drug-likeness (QED) is 0.354. The second kappa shape index (κ2) is 7.79. The molecule has 0 bridgehead atoms. The van der Waals surface area contributed by atoms with E-state index < -0.39 is 0 Å². The Bertz CT molecular complexity index is 417. The van der Waals surface area contributed by atoms with Crippen LogP contribution in [0.5, 0.6) is 0 Å². The van der Waals surface area contributed by atoms with Crippen LogP contribution in [0.1, 0.15) is 24.8 Å². The molecule has 1 fully saturated rings. The molecule has 19 heavy (non-hydrogen) atoms. The summed E-state index contributed by atoms with van der Waals surface area (Å²) < 4.78 is 5.90. The van der Waals surface area contributed by atoms with Crippen LogP contribution in [-0.2, 0) is 11.3 Å². The molecule has 0 aromatic heterocycles. The van der Waals surface area contributed by atoms with E-state index in [2.05, 4.69) is 27.5 Å². The Labute approximate surface area is 113 Å². The molecule has 0 saturated carbocycles. The van der Waals surface area contributed by atoms with Gasteiger partial charge in [0.1, 0.15) is 0 Å². The molecule has 1 N–H and O–H groups in total. The van der Waals surface area contributed by atoms with Crippen molar-refractivity contribution < 1.29 is 4.74 Å². The smallest absolute Gasteiger partial charge is 0.0721 e. The van der Waals surface area contributed by atoms with Gasteiger partial charge in [-0.3, -0.25) is 0 Å². The molecule has 2 rings (SSSR count). The molecule has 1 saturated heterocycles. The zero-order valence-corrected chi connectivity index (χ0v) is 11.0. The van der Waals surface area contributed by atoms with E-state index >= 15 is 0 Å². The van der Waals surface area contributed by atoms with Gasteiger partial charge in [0.15, 0.2) is 0 Å². The fraction of sp³-hybridized carbons (Fsp3) is 0.571. The molecule has 5 heteroatoms. The minimum absolute atomic E-state index is 0.296. The summed E-state index contributed by atoms with van der Waals surface area (Å²) in [6.45, 7) is 2.18. The monoisotopic (exact) mass is 260 g/mol. The number of ether oxygens (including phenoxy) is 1. The maximum atomic E-state index is 8.20. The van der Waals surface area contributed by atoms with Crippen molar-refractivity contribution in [2.24, 2.45) is 5.11 Å². The van der Waals surface area contributed by atoms with E-state index in [0.29, 0.717) is 25.3 Å². The van der Waals surface area contributed by atoms with Crippen LogP contribution in [0.4, 0.5) is 0 Å².